The van der Waals surface area contributed by atoms with Crippen LogP contribution in [-0.4, -0.2) is 22.2 Å². The van der Waals surface area contributed by atoms with Crippen molar-refractivity contribution in [3.05, 3.63) is 108 Å². The molecule has 0 bridgehead atoms. The number of aromatic nitrogens is 3. The van der Waals surface area contributed by atoms with Gasteiger partial charge in [0.2, 0.25) is 5.89 Å². The lowest BCUT2D eigenvalue weighted by molar-refractivity contribution is 0.334. The average molecular weight is 409 g/mol. The molecule has 1 atom stereocenters. The summed E-state index contributed by atoms with van der Waals surface area (Å²) in [6, 6.07) is 27.2. The van der Waals surface area contributed by atoms with Crippen molar-refractivity contribution in [3.63, 3.8) is 0 Å². The van der Waals surface area contributed by atoms with Gasteiger partial charge >= 0.3 is 0 Å². The summed E-state index contributed by atoms with van der Waals surface area (Å²) in [6.07, 6.45) is 3.47. The Morgan fingerprint density at radius 1 is 0.903 bits per heavy atom. The van der Waals surface area contributed by atoms with Crippen LogP contribution in [-0.2, 0) is 12.8 Å². The van der Waals surface area contributed by atoms with Gasteiger partial charge in [0.05, 0.1) is 6.04 Å². The number of benzene rings is 3. The smallest absolute Gasteiger partial charge is 0.244 e. The van der Waals surface area contributed by atoms with Crippen LogP contribution in [0.1, 0.15) is 28.9 Å². The van der Waals surface area contributed by atoms with Crippen molar-refractivity contribution in [2.24, 2.45) is 0 Å². The third kappa shape index (κ3) is 4.13. The minimum Gasteiger partial charge on any atom is -0.361 e. The van der Waals surface area contributed by atoms with Crippen LogP contribution in [0.4, 0.5) is 0 Å². The summed E-state index contributed by atoms with van der Waals surface area (Å²) in [4.78, 5) is 8.00. The lowest BCUT2D eigenvalue weighted by Crippen LogP contribution is -2.19. The molecule has 0 spiro atoms. The van der Waals surface area contributed by atoms with Crippen LogP contribution in [0, 0.1) is 0 Å². The van der Waals surface area contributed by atoms with Crippen LogP contribution in [0.15, 0.2) is 89.6 Å². The molecule has 2 N–H and O–H groups in total. The molecule has 2 heterocycles. The van der Waals surface area contributed by atoms with Crippen LogP contribution in [0.25, 0.3) is 22.0 Å². The maximum atomic E-state index is 5.61. The highest BCUT2D eigenvalue weighted by molar-refractivity contribution is 5.83. The van der Waals surface area contributed by atoms with Gasteiger partial charge in [-0.25, -0.2) is 0 Å². The number of hydrogen-bond donors (Lipinski definition) is 2. The third-order valence-corrected chi connectivity index (χ3v) is 5.65. The molecule has 5 rings (SSSR count). The zero-order valence-electron chi connectivity index (χ0n) is 17.4. The standard InChI is InChI=1S/C26H24N4O/c1-27-24(16-21-17-28-23-10-6-5-9-22(21)23)26-29-25(30-31-26)15-18-11-13-20(14-12-18)19-7-3-2-4-8-19/h2-14,17,24,27-28H,15-16H2,1H3. The Balaban J connectivity index is 1.29. The summed E-state index contributed by atoms with van der Waals surface area (Å²) in [5.74, 6) is 1.31. The predicted octanol–water partition coefficient (Wildman–Crippen LogP) is 5.31. The fourth-order valence-corrected chi connectivity index (χ4v) is 3.94. The van der Waals surface area contributed by atoms with Gasteiger partial charge in [0.15, 0.2) is 5.82 Å². The Morgan fingerprint density at radius 3 is 2.45 bits per heavy atom. The predicted molar refractivity (Wildman–Crippen MR) is 123 cm³/mol. The number of aromatic amines is 1. The summed E-state index contributed by atoms with van der Waals surface area (Å²) < 4.78 is 5.61. The molecule has 0 radical (unpaired) electrons. The van der Waals surface area contributed by atoms with E-state index in [9.17, 15) is 0 Å². The molecule has 0 aliphatic rings. The minimum atomic E-state index is -0.0408. The minimum absolute atomic E-state index is 0.0408. The highest BCUT2D eigenvalue weighted by atomic mass is 16.5. The van der Waals surface area contributed by atoms with Crippen molar-refractivity contribution in [3.8, 4) is 11.1 Å². The van der Waals surface area contributed by atoms with E-state index >= 15 is 0 Å². The van der Waals surface area contributed by atoms with E-state index in [-0.39, 0.29) is 6.04 Å². The second kappa shape index (κ2) is 8.58. The molecule has 0 aliphatic heterocycles. The summed E-state index contributed by atoms with van der Waals surface area (Å²) in [5.41, 5.74) is 5.94. The molecule has 5 nitrogen and oxygen atoms in total. The maximum Gasteiger partial charge on any atom is 0.244 e. The topological polar surface area (TPSA) is 66.7 Å². The van der Waals surface area contributed by atoms with E-state index in [0.717, 1.165) is 17.5 Å². The van der Waals surface area contributed by atoms with E-state index in [1.54, 1.807) is 0 Å². The van der Waals surface area contributed by atoms with Crippen molar-refractivity contribution in [1.29, 1.82) is 0 Å². The fraction of sp³-hybridized carbons (Fsp3) is 0.154. The Labute approximate surface area is 181 Å². The normalized spacial score (nSPS) is 12.3. The molecule has 1 unspecified atom stereocenters. The molecule has 154 valence electrons. The first-order chi connectivity index (χ1) is 15.3. The number of fused-ring (bicyclic) bond motifs is 1. The van der Waals surface area contributed by atoms with Crippen LogP contribution >= 0.6 is 0 Å². The van der Waals surface area contributed by atoms with Crippen molar-refractivity contribution in [1.82, 2.24) is 20.4 Å². The number of rotatable bonds is 7. The average Bonchev–Trinajstić information content (AvgIpc) is 3.46. The van der Waals surface area contributed by atoms with E-state index in [1.807, 2.05) is 19.2 Å². The first-order valence-corrected chi connectivity index (χ1v) is 10.5. The first-order valence-electron chi connectivity index (χ1n) is 10.5. The molecule has 5 heteroatoms. The van der Waals surface area contributed by atoms with Crippen LogP contribution in [0.2, 0.25) is 0 Å². The molecule has 0 saturated heterocycles. The zero-order valence-corrected chi connectivity index (χ0v) is 17.4. The highest BCUT2D eigenvalue weighted by Gasteiger charge is 2.19. The van der Waals surface area contributed by atoms with Gasteiger partial charge < -0.3 is 14.8 Å². The Bertz CT molecular complexity index is 1270. The largest absolute Gasteiger partial charge is 0.361 e. The zero-order chi connectivity index (χ0) is 21.0. The SMILES string of the molecule is CNC(Cc1c[nH]c2ccccc12)c1nc(Cc2ccc(-c3ccccc3)cc2)no1. The van der Waals surface area contributed by atoms with Gasteiger partial charge in [-0.1, -0.05) is 78.0 Å². The van der Waals surface area contributed by atoms with Gasteiger partial charge in [0.25, 0.3) is 0 Å². The molecule has 0 saturated carbocycles. The van der Waals surface area contributed by atoms with Crippen molar-refractivity contribution >= 4 is 10.9 Å². The van der Waals surface area contributed by atoms with Crippen molar-refractivity contribution in [2.45, 2.75) is 18.9 Å². The van der Waals surface area contributed by atoms with E-state index in [2.05, 4.69) is 93.4 Å². The molecule has 3 aromatic carbocycles. The van der Waals surface area contributed by atoms with Gasteiger partial charge in [-0.3, -0.25) is 0 Å². The van der Waals surface area contributed by atoms with E-state index in [0.29, 0.717) is 18.1 Å². The molecular formula is C26H24N4O. The van der Waals surface area contributed by atoms with Gasteiger partial charge in [-0.15, -0.1) is 0 Å². The van der Waals surface area contributed by atoms with Gasteiger partial charge in [-0.05, 0) is 41.8 Å². The number of nitrogens with zero attached hydrogens (tertiary/aromatic N) is 2. The highest BCUT2D eigenvalue weighted by Crippen LogP contribution is 2.24. The first kappa shape index (κ1) is 19.3. The van der Waals surface area contributed by atoms with Gasteiger partial charge in [-0.2, -0.15) is 4.98 Å². The number of H-pyrrole nitrogens is 1. The van der Waals surface area contributed by atoms with E-state index in [4.69, 9.17) is 4.52 Å². The lowest BCUT2D eigenvalue weighted by atomic mass is 10.0. The molecule has 5 aromatic rings. The number of nitrogens with one attached hydrogen (secondary N) is 2. The second-order valence-corrected chi connectivity index (χ2v) is 7.69. The second-order valence-electron chi connectivity index (χ2n) is 7.69. The summed E-state index contributed by atoms with van der Waals surface area (Å²) >= 11 is 0. The molecule has 2 aromatic heterocycles. The van der Waals surface area contributed by atoms with E-state index in [1.165, 1.54) is 22.1 Å². The Kier molecular flexibility index (Phi) is 5.33. The quantitative estimate of drug-likeness (QED) is 0.383. The van der Waals surface area contributed by atoms with Crippen molar-refractivity contribution in [2.75, 3.05) is 7.05 Å². The molecule has 0 fully saturated rings. The van der Waals surface area contributed by atoms with Crippen LogP contribution < -0.4 is 5.32 Å². The number of hydrogen-bond acceptors (Lipinski definition) is 4. The fourth-order valence-electron chi connectivity index (χ4n) is 3.94. The lowest BCUT2D eigenvalue weighted by Gasteiger charge is -2.10. The van der Waals surface area contributed by atoms with Gasteiger partial charge in [0, 0.05) is 23.5 Å². The third-order valence-electron chi connectivity index (χ3n) is 5.65. The Hall–Kier alpha value is -3.70. The Morgan fingerprint density at radius 2 is 1.65 bits per heavy atom. The molecule has 0 aliphatic carbocycles. The number of para-hydroxylation sites is 1. The maximum absolute atomic E-state index is 5.61. The summed E-state index contributed by atoms with van der Waals surface area (Å²) in [5, 5.41) is 8.76. The van der Waals surface area contributed by atoms with Crippen LogP contribution in [0.5, 0.6) is 0 Å². The van der Waals surface area contributed by atoms with Gasteiger partial charge in [0.1, 0.15) is 0 Å². The molecule has 31 heavy (non-hydrogen) atoms. The molecule has 0 amide bonds. The monoisotopic (exact) mass is 408 g/mol. The number of likely N-dealkylation sites (N-methyl/N-ethyl adjacent to an activating group) is 1. The summed E-state index contributed by atoms with van der Waals surface area (Å²) in [6.45, 7) is 0. The van der Waals surface area contributed by atoms with Crippen molar-refractivity contribution < 1.29 is 4.52 Å². The molecular weight excluding hydrogens is 384 g/mol. The van der Waals surface area contributed by atoms with E-state index < -0.39 is 0 Å². The summed E-state index contributed by atoms with van der Waals surface area (Å²) in [7, 11) is 1.92. The van der Waals surface area contributed by atoms with Crippen LogP contribution in [0.3, 0.4) is 0 Å².